The molecule has 364 valence electrons. The number of rotatable bonds is 50. The molecular weight excluding hydrogens is 765 g/mol. The Morgan fingerprint density at radius 2 is 0.710 bits per heavy atom. The standard InChI is InChI=1S/C56H106N2O4/c1-4-7-9-11-13-15-17-19-21-23-25-27-29-31-33-35-37-39-41-43-45-50-54(59)57-52-48-47-49-53(56(61)62-6-3)58-55(60)51-46-44-42-40-38-36-34-32-30-28-26-24-22-20-18-16-14-12-10-8-5-2/h19-22,53H,4-18,23-52H2,1-3H3,(H,57,59)(H,58,60)/b21-19-,22-20-/t53-/m0/s1. The first-order valence-electron chi connectivity index (χ1n) is 27.6. The summed E-state index contributed by atoms with van der Waals surface area (Å²) < 4.78 is 5.26. The third-order valence-corrected chi connectivity index (χ3v) is 12.5. The maximum absolute atomic E-state index is 12.7. The van der Waals surface area contributed by atoms with Crippen LogP contribution < -0.4 is 10.6 Å². The third kappa shape index (κ3) is 47.4. The van der Waals surface area contributed by atoms with Gasteiger partial charge < -0.3 is 15.4 Å². The predicted molar refractivity (Wildman–Crippen MR) is 270 cm³/mol. The van der Waals surface area contributed by atoms with Crippen LogP contribution in [-0.4, -0.2) is 37.0 Å². The highest BCUT2D eigenvalue weighted by atomic mass is 16.5. The zero-order chi connectivity index (χ0) is 45.1. The number of esters is 1. The number of amides is 2. The van der Waals surface area contributed by atoms with Crippen LogP contribution in [0.25, 0.3) is 0 Å². The van der Waals surface area contributed by atoms with E-state index in [0.717, 1.165) is 38.5 Å². The van der Waals surface area contributed by atoms with E-state index in [1.807, 2.05) is 0 Å². The molecule has 0 radical (unpaired) electrons. The lowest BCUT2D eigenvalue weighted by Gasteiger charge is -2.17. The van der Waals surface area contributed by atoms with Crippen LogP contribution in [-0.2, 0) is 19.1 Å². The highest BCUT2D eigenvalue weighted by Gasteiger charge is 2.21. The van der Waals surface area contributed by atoms with Crippen LogP contribution in [0, 0.1) is 0 Å². The number of carbonyl (C=O) groups excluding carboxylic acids is 3. The molecule has 0 aliphatic heterocycles. The minimum atomic E-state index is -0.610. The van der Waals surface area contributed by atoms with Crippen molar-refractivity contribution in [3.8, 4) is 0 Å². The van der Waals surface area contributed by atoms with Gasteiger partial charge in [-0.15, -0.1) is 0 Å². The molecule has 0 aromatic rings. The molecule has 0 rings (SSSR count). The molecule has 0 aliphatic carbocycles. The average Bonchev–Trinajstić information content (AvgIpc) is 3.27. The van der Waals surface area contributed by atoms with Gasteiger partial charge in [0, 0.05) is 19.4 Å². The summed E-state index contributed by atoms with van der Waals surface area (Å²) in [5.41, 5.74) is 0. The van der Waals surface area contributed by atoms with Crippen molar-refractivity contribution < 1.29 is 19.1 Å². The highest BCUT2D eigenvalue weighted by Crippen LogP contribution is 2.16. The predicted octanol–water partition coefficient (Wildman–Crippen LogP) is 17.1. The van der Waals surface area contributed by atoms with Crippen LogP contribution in [0.15, 0.2) is 24.3 Å². The van der Waals surface area contributed by atoms with E-state index in [-0.39, 0.29) is 17.8 Å². The first kappa shape index (κ1) is 59.9. The monoisotopic (exact) mass is 871 g/mol. The SMILES string of the molecule is CCCCCCCC/C=C\CCCCCCCCCCCCCC(=O)NCCCC[C@H](NC(=O)CCCCCCCCCCCCC/C=C\CCCCCCCC)C(=O)OCC. The Hall–Kier alpha value is -2.11. The normalized spacial score (nSPS) is 12.1. The van der Waals surface area contributed by atoms with Crippen molar-refractivity contribution in [3.05, 3.63) is 24.3 Å². The van der Waals surface area contributed by atoms with Gasteiger partial charge in [-0.3, -0.25) is 9.59 Å². The molecule has 0 aliphatic rings. The van der Waals surface area contributed by atoms with Crippen LogP contribution in [0.3, 0.4) is 0 Å². The van der Waals surface area contributed by atoms with Crippen LogP contribution in [0.2, 0.25) is 0 Å². The van der Waals surface area contributed by atoms with Gasteiger partial charge in [-0.25, -0.2) is 4.79 Å². The van der Waals surface area contributed by atoms with E-state index in [0.29, 0.717) is 32.4 Å². The first-order valence-corrected chi connectivity index (χ1v) is 27.6. The number of nitrogens with one attached hydrogen (secondary N) is 2. The summed E-state index contributed by atoms with van der Waals surface area (Å²) in [6, 6.07) is -0.610. The van der Waals surface area contributed by atoms with E-state index in [9.17, 15) is 14.4 Å². The van der Waals surface area contributed by atoms with E-state index in [1.165, 1.54) is 218 Å². The van der Waals surface area contributed by atoms with Gasteiger partial charge in [-0.05, 0) is 90.4 Å². The molecule has 0 unspecified atom stereocenters. The summed E-state index contributed by atoms with van der Waals surface area (Å²) in [4.78, 5) is 37.6. The second-order valence-electron chi connectivity index (χ2n) is 18.6. The molecule has 0 bridgehead atoms. The van der Waals surface area contributed by atoms with Gasteiger partial charge in [-0.2, -0.15) is 0 Å². The molecule has 0 saturated carbocycles. The van der Waals surface area contributed by atoms with E-state index >= 15 is 0 Å². The smallest absolute Gasteiger partial charge is 0.328 e. The van der Waals surface area contributed by atoms with Crippen molar-refractivity contribution in [1.29, 1.82) is 0 Å². The fraction of sp³-hybridized carbons (Fsp3) is 0.875. The Bertz CT molecular complexity index is 1010. The lowest BCUT2D eigenvalue weighted by atomic mass is 10.0. The summed E-state index contributed by atoms with van der Waals surface area (Å²) in [5.74, 6) is -0.294. The quantitative estimate of drug-likeness (QED) is 0.0362. The number of ether oxygens (including phenoxy) is 1. The maximum Gasteiger partial charge on any atom is 0.328 e. The van der Waals surface area contributed by atoms with Crippen molar-refractivity contribution in [2.24, 2.45) is 0 Å². The van der Waals surface area contributed by atoms with Gasteiger partial charge in [-0.1, -0.05) is 218 Å². The zero-order valence-corrected chi connectivity index (χ0v) is 41.8. The first-order chi connectivity index (χ1) is 30.5. The largest absolute Gasteiger partial charge is 0.464 e. The topological polar surface area (TPSA) is 84.5 Å². The maximum atomic E-state index is 12.7. The number of carbonyl (C=O) groups is 3. The van der Waals surface area contributed by atoms with Gasteiger partial charge in [0.25, 0.3) is 0 Å². The molecule has 1 atom stereocenters. The van der Waals surface area contributed by atoms with Crippen LogP contribution in [0.5, 0.6) is 0 Å². The number of hydrogen-bond acceptors (Lipinski definition) is 4. The molecule has 0 aromatic carbocycles. The zero-order valence-electron chi connectivity index (χ0n) is 41.8. The summed E-state index contributed by atoms with van der Waals surface area (Å²) >= 11 is 0. The van der Waals surface area contributed by atoms with Gasteiger partial charge in [0.15, 0.2) is 0 Å². The van der Waals surface area contributed by atoms with Crippen molar-refractivity contribution in [1.82, 2.24) is 10.6 Å². The lowest BCUT2D eigenvalue weighted by Crippen LogP contribution is -2.41. The minimum Gasteiger partial charge on any atom is -0.464 e. The van der Waals surface area contributed by atoms with Crippen molar-refractivity contribution in [2.75, 3.05) is 13.2 Å². The molecule has 0 spiro atoms. The van der Waals surface area contributed by atoms with E-state index in [2.05, 4.69) is 48.8 Å². The fourth-order valence-electron chi connectivity index (χ4n) is 8.38. The fourth-order valence-corrected chi connectivity index (χ4v) is 8.38. The molecule has 0 fully saturated rings. The highest BCUT2D eigenvalue weighted by molar-refractivity contribution is 5.84. The van der Waals surface area contributed by atoms with Gasteiger partial charge >= 0.3 is 5.97 Å². The van der Waals surface area contributed by atoms with E-state index < -0.39 is 6.04 Å². The third-order valence-electron chi connectivity index (χ3n) is 12.5. The van der Waals surface area contributed by atoms with Crippen molar-refractivity contribution >= 4 is 17.8 Å². The lowest BCUT2D eigenvalue weighted by molar-refractivity contribution is -0.147. The Morgan fingerprint density at radius 1 is 0.387 bits per heavy atom. The molecule has 2 amide bonds. The Kier molecular flexibility index (Phi) is 49.8. The molecule has 0 saturated heterocycles. The number of unbranched alkanes of at least 4 members (excludes halogenated alkanes) is 35. The molecule has 2 N–H and O–H groups in total. The molecule has 62 heavy (non-hydrogen) atoms. The van der Waals surface area contributed by atoms with Crippen LogP contribution in [0.1, 0.15) is 297 Å². The Morgan fingerprint density at radius 3 is 1.06 bits per heavy atom. The Balaban J connectivity index is 3.69. The van der Waals surface area contributed by atoms with Crippen molar-refractivity contribution in [3.63, 3.8) is 0 Å². The Labute approximate surface area is 386 Å². The van der Waals surface area contributed by atoms with Gasteiger partial charge in [0.05, 0.1) is 6.61 Å². The van der Waals surface area contributed by atoms with E-state index in [4.69, 9.17) is 4.74 Å². The summed E-state index contributed by atoms with van der Waals surface area (Å²) in [6.07, 6.45) is 62.1. The summed E-state index contributed by atoms with van der Waals surface area (Å²) in [7, 11) is 0. The van der Waals surface area contributed by atoms with Gasteiger partial charge in [0.2, 0.25) is 11.8 Å². The number of allylic oxidation sites excluding steroid dienone is 4. The summed E-state index contributed by atoms with van der Waals surface area (Å²) in [6.45, 7) is 7.26. The number of hydrogen-bond donors (Lipinski definition) is 2. The molecule has 6 nitrogen and oxygen atoms in total. The van der Waals surface area contributed by atoms with Crippen LogP contribution >= 0.6 is 0 Å². The molecule has 6 heteroatoms. The molecule has 0 heterocycles. The molecular formula is C56H106N2O4. The van der Waals surface area contributed by atoms with Crippen LogP contribution in [0.4, 0.5) is 0 Å². The summed E-state index contributed by atoms with van der Waals surface area (Å²) in [5, 5.41) is 5.98. The second-order valence-corrected chi connectivity index (χ2v) is 18.6. The average molecular weight is 871 g/mol. The minimum absolute atomic E-state index is 0.0623. The second kappa shape index (κ2) is 51.5. The van der Waals surface area contributed by atoms with Crippen molar-refractivity contribution in [2.45, 2.75) is 303 Å². The molecule has 0 aromatic heterocycles. The van der Waals surface area contributed by atoms with E-state index in [1.54, 1.807) is 6.92 Å². The van der Waals surface area contributed by atoms with Gasteiger partial charge in [0.1, 0.15) is 6.04 Å².